The molecule has 0 heterocycles. The molecule has 4 rings (SSSR count). The van der Waals surface area contributed by atoms with E-state index in [1.807, 2.05) is 0 Å². The molecule has 0 aliphatic heterocycles. The molecule has 0 aromatic carbocycles. The number of carbonyl (C=O) groups excluding carboxylic acids is 3. The highest BCUT2D eigenvalue weighted by atomic mass is 32.2. The Morgan fingerprint density at radius 3 is 2.58 bits per heavy atom. The molecule has 0 unspecified atom stereocenters. The Balaban J connectivity index is 1.92. The van der Waals surface area contributed by atoms with Crippen LogP contribution < -0.4 is 0 Å². The minimum atomic E-state index is -2.26. The van der Waals surface area contributed by atoms with E-state index in [1.54, 1.807) is 13.8 Å². The molecular weight excluding hydrogens is 457 g/mol. The summed E-state index contributed by atoms with van der Waals surface area (Å²) in [6, 6.07) is -1.02. The lowest BCUT2D eigenvalue weighted by Gasteiger charge is -2.62. The molecule has 9 heteroatoms. The van der Waals surface area contributed by atoms with Crippen LogP contribution in [-0.2, 0) is 19.1 Å². The van der Waals surface area contributed by atoms with Gasteiger partial charge in [-0.15, -0.1) is 0 Å². The molecular formula is C24H29F3O5S. The lowest BCUT2D eigenvalue weighted by atomic mass is 9.45. The van der Waals surface area contributed by atoms with Crippen LogP contribution in [0, 0.1) is 28.6 Å². The summed E-state index contributed by atoms with van der Waals surface area (Å²) in [4.78, 5) is 37.0. The molecule has 33 heavy (non-hydrogen) atoms. The molecule has 1 N–H and O–H groups in total. The molecule has 4 aliphatic carbocycles. The normalized spacial score (nSPS) is 46.5. The number of rotatable bonds is 3. The van der Waals surface area contributed by atoms with Crippen molar-refractivity contribution in [1.29, 1.82) is 0 Å². The maximum absolute atomic E-state index is 17.5. The van der Waals surface area contributed by atoms with Crippen molar-refractivity contribution in [2.75, 3.05) is 6.01 Å². The molecule has 0 saturated heterocycles. The summed E-state index contributed by atoms with van der Waals surface area (Å²) in [5.74, 6) is -3.94. The number of aliphatic hydroxyl groups is 1. The largest absolute Gasteiger partial charge is 0.459 e. The van der Waals surface area contributed by atoms with Crippen molar-refractivity contribution < 1.29 is 37.4 Å². The zero-order valence-corrected chi connectivity index (χ0v) is 19.9. The van der Waals surface area contributed by atoms with Crippen LogP contribution in [0.2, 0.25) is 0 Å². The Morgan fingerprint density at radius 1 is 1.30 bits per heavy atom. The number of esters is 1. The van der Waals surface area contributed by atoms with Crippen molar-refractivity contribution in [3.8, 4) is 0 Å². The van der Waals surface area contributed by atoms with E-state index in [0.29, 0.717) is 11.8 Å². The zero-order chi connectivity index (χ0) is 24.6. The van der Waals surface area contributed by atoms with E-state index in [0.717, 1.165) is 6.92 Å². The number of thioether (sulfide) groups is 1. The van der Waals surface area contributed by atoms with Gasteiger partial charge in [0.05, 0.1) is 0 Å². The van der Waals surface area contributed by atoms with E-state index in [4.69, 9.17) is 4.74 Å². The van der Waals surface area contributed by atoms with Crippen LogP contribution in [0.15, 0.2) is 23.6 Å². The highest BCUT2D eigenvalue weighted by molar-refractivity contribution is 8.13. The number of alkyl halides is 2. The second kappa shape index (κ2) is 7.70. The Labute approximate surface area is 195 Å². The summed E-state index contributed by atoms with van der Waals surface area (Å²) >= 11 is 0.358. The number of allylic oxidation sites excluding steroid dienone is 4. The van der Waals surface area contributed by atoms with Gasteiger partial charge in [0, 0.05) is 36.5 Å². The fraction of sp³-hybridized carbons (Fsp3) is 0.708. The third-order valence-electron chi connectivity index (χ3n) is 9.02. The van der Waals surface area contributed by atoms with Crippen LogP contribution in [0.3, 0.4) is 0 Å². The van der Waals surface area contributed by atoms with E-state index in [9.17, 15) is 23.9 Å². The quantitative estimate of drug-likeness (QED) is 0.596. The summed E-state index contributed by atoms with van der Waals surface area (Å²) in [6.45, 7) is 5.95. The van der Waals surface area contributed by atoms with Gasteiger partial charge in [0.25, 0.3) is 0 Å². The molecule has 8 atom stereocenters. The molecule has 0 amide bonds. The first-order valence-corrected chi connectivity index (χ1v) is 12.2. The molecule has 0 aromatic rings. The van der Waals surface area contributed by atoms with E-state index in [2.05, 4.69) is 0 Å². The maximum Gasteiger partial charge on any atom is 0.303 e. The van der Waals surface area contributed by atoms with Gasteiger partial charge in [-0.25, -0.2) is 13.2 Å². The molecule has 5 nitrogen and oxygen atoms in total. The molecule has 4 aliphatic rings. The fourth-order valence-corrected chi connectivity index (χ4v) is 8.15. The lowest BCUT2D eigenvalue weighted by Crippen LogP contribution is -2.69. The van der Waals surface area contributed by atoms with Gasteiger partial charge < -0.3 is 9.84 Å². The minimum absolute atomic E-state index is 0.0554. The van der Waals surface area contributed by atoms with Crippen molar-refractivity contribution >= 4 is 28.6 Å². The Bertz CT molecular complexity index is 981. The summed E-state index contributed by atoms with van der Waals surface area (Å²) < 4.78 is 51.5. The van der Waals surface area contributed by atoms with Crippen LogP contribution in [0.5, 0.6) is 0 Å². The van der Waals surface area contributed by atoms with Crippen molar-refractivity contribution in [3.05, 3.63) is 23.6 Å². The highest BCUT2D eigenvalue weighted by Crippen LogP contribution is 2.71. The van der Waals surface area contributed by atoms with E-state index in [1.165, 1.54) is 19.1 Å². The SMILES string of the molecule is CC(=O)O[C@H]1C[C@@]2(C)[C@@H](C[C@@H](C)[C@]2(O)C(=O)SCF)[C@@H]2CC(F)=C3CC(=O)C=C[C@]3(C)[C@@]12F. The van der Waals surface area contributed by atoms with Crippen LogP contribution in [0.4, 0.5) is 13.2 Å². The van der Waals surface area contributed by atoms with Gasteiger partial charge in [-0.2, -0.15) is 0 Å². The Morgan fingerprint density at radius 2 is 1.97 bits per heavy atom. The Kier molecular flexibility index (Phi) is 5.72. The van der Waals surface area contributed by atoms with Gasteiger partial charge in [-0.3, -0.25) is 14.4 Å². The first-order valence-electron chi connectivity index (χ1n) is 11.2. The number of fused-ring (bicyclic) bond motifs is 5. The summed E-state index contributed by atoms with van der Waals surface area (Å²) in [6.07, 6.45) is 0.687. The van der Waals surface area contributed by atoms with Crippen molar-refractivity contribution in [3.63, 3.8) is 0 Å². The van der Waals surface area contributed by atoms with Gasteiger partial charge in [-0.1, -0.05) is 31.7 Å². The third-order valence-corrected chi connectivity index (χ3v) is 9.70. The first-order chi connectivity index (χ1) is 15.3. The van der Waals surface area contributed by atoms with E-state index >= 15 is 8.78 Å². The van der Waals surface area contributed by atoms with Gasteiger partial charge in [0.2, 0.25) is 5.12 Å². The van der Waals surface area contributed by atoms with Crippen molar-refractivity contribution in [2.45, 2.75) is 70.8 Å². The van der Waals surface area contributed by atoms with Gasteiger partial charge in [0.15, 0.2) is 11.5 Å². The van der Waals surface area contributed by atoms with Gasteiger partial charge in [0.1, 0.15) is 23.5 Å². The number of ketones is 1. The number of ether oxygens (including phenoxy) is 1. The molecule has 2 fully saturated rings. The van der Waals surface area contributed by atoms with Gasteiger partial charge in [-0.05, 0) is 43.3 Å². The number of hydrogen-bond donors (Lipinski definition) is 1. The number of hydrogen-bond acceptors (Lipinski definition) is 6. The summed E-state index contributed by atoms with van der Waals surface area (Å²) in [7, 11) is 0. The number of halogens is 3. The average Bonchev–Trinajstić information content (AvgIpc) is 2.93. The fourth-order valence-electron chi connectivity index (χ4n) is 7.40. The standard InChI is InChI=1S/C24H29F3O5S/c1-12-7-15-16-9-18(26)17-8-14(29)5-6-21(17,3)23(16,27)19(32-13(2)28)10-22(15,4)24(12,31)20(30)33-11-25/h5-6,12,15-16,19,31H,7-11H2,1-4H3/t12-,15+,16+,19+,21+,22+,23+,24+/m1/s1. The highest BCUT2D eigenvalue weighted by Gasteiger charge is 2.77. The summed E-state index contributed by atoms with van der Waals surface area (Å²) in [5, 5.41) is 10.9. The second-order valence-electron chi connectivity index (χ2n) is 10.4. The second-order valence-corrected chi connectivity index (χ2v) is 11.3. The van der Waals surface area contributed by atoms with Crippen molar-refractivity contribution in [2.24, 2.45) is 28.6 Å². The lowest BCUT2D eigenvalue weighted by molar-refractivity contribution is -0.225. The zero-order valence-electron chi connectivity index (χ0n) is 19.1. The monoisotopic (exact) mass is 486 g/mol. The van der Waals surface area contributed by atoms with E-state index in [-0.39, 0.29) is 37.0 Å². The molecule has 0 spiro atoms. The first kappa shape index (κ1) is 24.5. The molecule has 0 aromatic heterocycles. The molecule has 0 bridgehead atoms. The Hall–Kier alpha value is -1.61. The topological polar surface area (TPSA) is 80.7 Å². The maximum atomic E-state index is 17.5. The summed E-state index contributed by atoms with van der Waals surface area (Å²) in [5.41, 5.74) is -6.99. The van der Waals surface area contributed by atoms with Crippen LogP contribution in [-0.4, -0.2) is 45.4 Å². The molecule has 0 radical (unpaired) electrons. The smallest absolute Gasteiger partial charge is 0.303 e. The minimum Gasteiger partial charge on any atom is -0.459 e. The predicted molar refractivity (Wildman–Crippen MR) is 116 cm³/mol. The number of carbonyl (C=O) groups is 3. The molecule has 182 valence electrons. The van der Waals surface area contributed by atoms with Crippen LogP contribution in [0.1, 0.15) is 53.4 Å². The van der Waals surface area contributed by atoms with Crippen LogP contribution >= 0.6 is 11.8 Å². The van der Waals surface area contributed by atoms with Gasteiger partial charge >= 0.3 is 5.97 Å². The van der Waals surface area contributed by atoms with E-state index < -0.39 is 68.9 Å². The molecule has 2 saturated carbocycles. The van der Waals surface area contributed by atoms with Crippen LogP contribution in [0.25, 0.3) is 0 Å². The third kappa shape index (κ3) is 3.00. The predicted octanol–water partition coefficient (Wildman–Crippen LogP) is 4.39. The van der Waals surface area contributed by atoms with Crippen molar-refractivity contribution in [1.82, 2.24) is 0 Å². The average molecular weight is 487 g/mol.